The molecule has 0 saturated carbocycles. The molecule has 58 valence electrons. The second-order valence-electron chi connectivity index (χ2n) is 3.12. The summed E-state index contributed by atoms with van der Waals surface area (Å²) in [4.78, 5) is 10.7. The molecule has 3 atom stereocenters. The van der Waals surface area contributed by atoms with E-state index in [0.717, 1.165) is 6.42 Å². The molecule has 0 aromatic carbocycles. The summed E-state index contributed by atoms with van der Waals surface area (Å²) in [6.45, 7) is 4.20. The average Bonchev–Trinajstić information content (AvgIpc) is 2.13. The van der Waals surface area contributed by atoms with Crippen LogP contribution in [0.3, 0.4) is 0 Å². The molecule has 1 saturated heterocycles. The second kappa shape index (κ2) is 2.58. The number of carbonyl (C=O) groups is 1. The van der Waals surface area contributed by atoms with E-state index < -0.39 is 0 Å². The molecule has 0 bridgehead atoms. The standard InChI is InChI=1S/C7H14N2O/c1-4-3-6(7(8)10)9-5(4)2/h4-6,9H,3H2,1-2H3,(H2,8,10)/t4-,5?,6?/m0/s1. The first-order valence-corrected chi connectivity index (χ1v) is 3.66. The number of nitrogens with two attached hydrogens (primary N) is 1. The van der Waals surface area contributed by atoms with E-state index in [-0.39, 0.29) is 11.9 Å². The van der Waals surface area contributed by atoms with Crippen molar-refractivity contribution in [3.63, 3.8) is 0 Å². The molecule has 1 rings (SSSR count). The predicted molar refractivity (Wildman–Crippen MR) is 39.4 cm³/mol. The van der Waals surface area contributed by atoms with Crippen molar-refractivity contribution >= 4 is 5.91 Å². The quantitative estimate of drug-likeness (QED) is 0.535. The highest BCUT2D eigenvalue weighted by Crippen LogP contribution is 2.18. The number of hydrogen-bond acceptors (Lipinski definition) is 2. The van der Waals surface area contributed by atoms with Gasteiger partial charge in [0.15, 0.2) is 0 Å². The summed E-state index contributed by atoms with van der Waals surface area (Å²) < 4.78 is 0. The zero-order valence-corrected chi connectivity index (χ0v) is 6.42. The molecule has 3 N–H and O–H groups in total. The van der Waals surface area contributed by atoms with E-state index in [1.807, 2.05) is 0 Å². The molecule has 0 spiro atoms. The minimum Gasteiger partial charge on any atom is -0.368 e. The first kappa shape index (κ1) is 7.54. The topological polar surface area (TPSA) is 55.1 Å². The van der Waals surface area contributed by atoms with Crippen molar-refractivity contribution in [2.24, 2.45) is 11.7 Å². The van der Waals surface area contributed by atoms with Crippen LogP contribution in [0.2, 0.25) is 0 Å². The Bertz CT molecular complexity index is 137. The number of nitrogens with one attached hydrogen (secondary N) is 1. The zero-order valence-electron chi connectivity index (χ0n) is 6.42. The average molecular weight is 142 g/mol. The number of carbonyl (C=O) groups excluding carboxylic acids is 1. The van der Waals surface area contributed by atoms with Crippen LogP contribution >= 0.6 is 0 Å². The van der Waals surface area contributed by atoms with E-state index >= 15 is 0 Å². The van der Waals surface area contributed by atoms with Gasteiger partial charge in [0.25, 0.3) is 0 Å². The van der Waals surface area contributed by atoms with Gasteiger partial charge in [-0.1, -0.05) is 6.92 Å². The highest BCUT2D eigenvalue weighted by molar-refractivity contribution is 5.80. The number of hydrogen-bond donors (Lipinski definition) is 2. The van der Waals surface area contributed by atoms with Crippen molar-refractivity contribution in [3.05, 3.63) is 0 Å². The third-order valence-corrected chi connectivity index (χ3v) is 2.27. The summed E-state index contributed by atoms with van der Waals surface area (Å²) in [6, 6.07) is 0.336. The van der Waals surface area contributed by atoms with Gasteiger partial charge < -0.3 is 11.1 Å². The van der Waals surface area contributed by atoms with Gasteiger partial charge in [0.2, 0.25) is 5.91 Å². The van der Waals surface area contributed by atoms with Gasteiger partial charge in [-0.15, -0.1) is 0 Å². The van der Waals surface area contributed by atoms with Crippen molar-refractivity contribution in [2.45, 2.75) is 32.4 Å². The van der Waals surface area contributed by atoms with Gasteiger partial charge >= 0.3 is 0 Å². The third kappa shape index (κ3) is 1.29. The SMILES string of the molecule is CC1NC(C(N)=O)C[C@@H]1C. The van der Waals surface area contributed by atoms with E-state index in [2.05, 4.69) is 19.2 Å². The van der Waals surface area contributed by atoms with Gasteiger partial charge in [0.1, 0.15) is 0 Å². The van der Waals surface area contributed by atoms with E-state index in [4.69, 9.17) is 5.73 Å². The van der Waals surface area contributed by atoms with Gasteiger partial charge in [-0.25, -0.2) is 0 Å². The molecule has 1 aliphatic heterocycles. The first-order chi connectivity index (χ1) is 4.61. The number of rotatable bonds is 1. The van der Waals surface area contributed by atoms with Crippen molar-refractivity contribution in [1.82, 2.24) is 5.32 Å². The van der Waals surface area contributed by atoms with E-state index in [1.54, 1.807) is 0 Å². The maximum absolute atomic E-state index is 10.7. The highest BCUT2D eigenvalue weighted by Gasteiger charge is 2.30. The molecule has 3 heteroatoms. The minimum atomic E-state index is -0.226. The highest BCUT2D eigenvalue weighted by atomic mass is 16.1. The molecule has 0 aliphatic carbocycles. The zero-order chi connectivity index (χ0) is 7.72. The van der Waals surface area contributed by atoms with Gasteiger partial charge in [-0.05, 0) is 19.3 Å². The van der Waals surface area contributed by atoms with E-state index in [1.165, 1.54) is 0 Å². The second-order valence-corrected chi connectivity index (χ2v) is 3.12. The molecule has 1 fully saturated rings. The largest absolute Gasteiger partial charge is 0.368 e. The van der Waals surface area contributed by atoms with Crippen LogP contribution in [0.25, 0.3) is 0 Å². The van der Waals surface area contributed by atoms with Gasteiger partial charge in [-0.3, -0.25) is 4.79 Å². The number of amides is 1. The summed E-state index contributed by atoms with van der Waals surface area (Å²) in [5, 5.41) is 3.13. The van der Waals surface area contributed by atoms with Crippen LogP contribution in [0.15, 0.2) is 0 Å². The van der Waals surface area contributed by atoms with Crippen LogP contribution in [0.4, 0.5) is 0 Å². The molecule has 0 radical (unpaired) electrons. The van der Waals surface area contributed by atoms with Gasteiger partial charge in [0.05, 0.1) is 6.04 Å². The van der Waals surface area contributed by atoms with Crippen molar-refractivity contribution in [3.8, 4) is 0 Å². The lowest BCUT2D eigenvalue weighted by atomic mass is 10.0. The van der Waals surface area contributed by atoms with Crippen molar-refractivity contribution in [2.75, 3.05) is 0 Å². The fourth-order valence-electron chi connectivity index (χ4n) is 1.32. The predicted octanol–water partition coefficient (Wildman–Crippen LogP) is -0.142. The molecule has 1 amide bonds. The maximum atomic E-state index is 10.7. The molecule has 0 aromatic heterocycles. The Morgan fingerprint density at radius 3 is 2.40 bits per heavy atom. The Morgan fingerprint density at radius 2 is 2.20 bits per heavy atom. The monoisotopic (exact) mass is 142 g/mol. The van der Waals surface area contributed by atoms with Crippen LogP contribution in [0.1, 0.15) is 20.3 Å². The van der Waals surface area contributed by atoms with E-state index in [0.29, 0.717) is 12.0 Å². The lowest BCUT2D eigenvalue weighted by Gasteiger charge is -2.07. The Balaban J connectivity index is 2.49. The summed E-state index contributed by atoms with van der Waals surface area (Å²) in [5.74, 6) is 0.341. The third-order valence-electron chi connectivity index (χ3n) is 2.27. The Labute approximate surface area is 61.0 Å². The Hall–Kier alpha value is -0.570. The fourth-order valence-corrected chi connectivity index (χ4v) is 1.32. The van der Waals surface area contributed by atoms with Crippen LogP contribution in [-0.2, 0) is 4.79 Å². The summed E-state index contributed by atoms with van der Waals surface area (Å²) in [5.41, 5.74) is 5.12. The fraction of sp³-hybridized carbons (Fsp3) is 0.857. The van der Waals surface area contributed by atoms with Crippen LogP contribution in [-0.4, -0.2) is 18.0 Å². The maximum Gasteiger partial charge on any atom is 0.234 e. The van der Waals surface area contributed by atoms with E-state index in [9.17, 15) is 4.79 Å². The summed E-state index contributed by atoms with van der Waals surface area (Å²) in [6.07, 6.45) is 0.885. The van der Waals surface area contributed by atoms with Crippen molar-refractivity contribution in [1.29, 1.82) is 0 Å². The van der Waals surface area contributed by atoms with Gasteiger partial charge in [0, 0.05) is 6.04 Å². The van der Waals surface area contributed by atoms with Crippen molar-refractivity contribution < 1.29 is 4.79 Å². The molecule has 2 unspecified atom stereocenters. The normalized spacial score (nSPS) is 40.0. The minimum absolute atomic E-state index is 0.0926. The smallest absolute Gasteiger partial charge is 0.234 e. The molecular formula is C7H14N2O. The summed E-state index contributed by atoms with van der Waals surface area (Å²) >= 11 is 0. The lowest BCUT2D eigenvalue weighted by Crippen LogP contribution is -2.38. The van der Waals surface area contributed by atoms with Crippen LogP contribution < -0.4 is 11.1 Å². The summed E-state index contributed by atoms with van der Waals surface area (Å²) in [7, 11) is 0. The molecule has 1 heterocycles. The molecule has 1 aliphatic rings. The van der Waals surface area contributed by atoms with Gasteiger partial charge in [-0.2, -0.15) is 0 Å². The Kier molecular flexibility index (Phi) is 1.94. The number of primary amides is 1. The molecule has 10 heavy (non-hydrogen) atoms. The molecule has 0 aromatic rings. The molecule has 3 nitrogen and oxygen atoms in total. The van der Waals surface area contributed by atoms with Crippen LogP contribution in [0.5, 0.6) is 0 Å². The lowest BCUT2D eigenvalue weighted by molar-refractivity contribution is -0.119. The molecular weight excluding hydrogens is 128 g/mol. The first-order valence-electron chi connectivity index (χ1n) is 3.66. The Morgan fingerprint density at radius 1 is 1.60 bits per heavy atom. The van der Waals surface area contributed by atoms with Crippen LogP contribution in [0, 0.1) is 5.92 Å².